The van der Waals surface area contributed by atoms with Crippen LogP contribution in [0.4, 0.5) is 0 Å². The quantitative estimate of drug-likeness (QED) is 0.163. The Morgan fingerprint density at radius 2 is 0.763 bits per heavy atom. The summed E-state index contributed by atoms with van der Waals surface area (Å²) in [5.41, 5.74) is 19.6. The smallest absolute Gasteiger partial charge is 0.132 e. The fraction of sp³-hybridized carbons (Fsp3) is 0.0345. The zero-order valence-corrected chi connectivity index (χ0v) is 32.0. The van der Waals surface area contributed by atoms with E-state index in [4.69, 9.17) is 4.74 Å². The van der Waals surface area contributed by atoms with Crippen LogP contribution in [0.3, 0.4) is 0 Å². The Hall–Kier alpha value is -7.48. The molecule has 1 atom stereocenters. The molecule has 0 bridgehead atoms. The van der Waals surface area contributed by atoms with Gasteiger partial charge in [-0.3, -0.25) is 0 Å². The van der Waals surface area contributed by atoms with Crippen molar-refractivity contribution in [1.82, 2.24) is 0 Å². The molecule has 1 heterocycles. The normalized spacial score (nSPS) is 16.5. The maximum Gasteiger partial charge on any atom is 0.132 e. The fourth-order valence-electron chi connectivity index (χ4n) is 12.0. The minimum Gasteiger partial charge on any atom is -0.457 e. The lowest BCUT2D eigenvalue weighted by Gasteiger charge is -2.40. The van der Waals surface area contributed by atoms with Crippen molar-refractivity contribution in [2.24, 2.45) is 0 Å². The molecule has 3 aliphatic carbocycles. The molecule has 4 aliphatic rings. The number of rotatable bonds is 1. The summed E-state index contributed by atoms with van der Waals surface area (Å²) >= 11 is 0. The molecule has 1 heteroatoms. The Balaban J connectivity index is 1.07. The highest BCUT2D eigenvalue weighted by Crippen LogP contribution is 2.66. The SMILES string of the molecule is c1ccc2c(c1)-c1ccccc1C21c2cc(-c3cccc4c3-c3ccccc3C43c4ccccc4-c4c3ccc3ccccc43)ccc2Oc2cc3ccccc3cc21. The van der Waals surface area contributed by atoms with E-state index in [0.29, 0.717) is 0 Å². The van der Waals surface area contributed by atoms with Crippen LogP contribution in [0.5, 0.6) is 11.5 Å². The van der Waals surface area contributed by atoms with Gasteiger partial charge in [0.15, 0.2) is 0 Å². The van der Waals surface area contributed by atoms with Gasteiger partial charge in [-0.15, -0.1) is 0 Å². The molecule has 10 aromatic rings. The minimum absolute atomic E-state index is 0.445. The number of hydrogen-bond acceptors (Lipinski definition) is 1. The predicted molar refractivity (Wildman–Crippen MR) is 241 cm³/mol. The van der Waals surface area contributed by atoms with Crippen LogP contribution < -0.4 is 4.74 Å². The first-order valence-electron chi connectivity index (χ1n) is 20.7. The molecule has 0 saturated heterocycles. The second kappa shape index (κ2) is 11.1. The lowest BCUT2D eigenvalue weighted by molar-refractivity contribution is 0.437. The van der Waals surface area contributed by atoms with Gasteiger partial charge in [-0.2, -0.15) is 0 Å². The molecular weight excluding hydrogens is 713 g/mol. The van der Waals surface area contributed by atoms with Crippen LogP contribution in [0.1, 0.15) is 44.5 Å². The van der Waals surface area contributed by atoms with Gasteiger partial charge in [0, 0.05) is 11.1 Å². The van der Waals surface area contributed by atoms with Crippen molar-refractivity contribution < 1.29 is 4.74 Å². The maximum atomic E-state index is 7.03. The van der Waals surface area contributed by atoms with Gasteiger partial charge >= 0.3 is 0 Å². The highest BCUT2D eigenvalue weighted by Gasteiger charge is 2.54. The zero-order chi connectivity index (χ0) is 38.5. The second-order valence-electron chi connectivity index (χ2n) is 16.6. The molecule has 0 N–H and O–H groups in total. The average molecular weight is 747 g/mol. The standard InChI is InChI=1S/C58H34O/c1-2-16-37-34-54-52(32-36(37)15-1)58(45-23-9-5-18-41(45)42-19-6-10-24-46(42)58)51-33-38(29-31-53(51)59-54)40-22-13-27-49-56(40)44-21-8-12-26-48(44)57(49)47-25-11-7-20-43(47)55-39-17-4-3-14-35(39)28-30-50(55)57/h1-34H. The monoisotopic (exact) mass is 746 g/mol. The van der Waals surface area contributed by atoms with Gasteiger partial charge in [0.2, 0.25) is 0 Å². The molecule has 10 aromatic carbocycles. The summed E-state index contributed by atoms with van der Waals surface area (Å²) in [5.74, 6) is 1.82. The third kappa shape index (κ3) is 3.73. The first-order chi connectivity index (χ1) is 29.3. The van der Waals surface area contributed by atoms with Gasteiger partial charge in [-0.05, 0) is 124 Å². The Morgan fingerprint density at radius 3 is 1.47 bits per heavy atom. The van der Waals surface area contributed by atoms with Gasteiger partial charge in [-0.1, -0.05) is 182 Å². The summed E-state index contributed by atoms with van der Waals surface area (Å²) in [6.07, 6.45) is 0. The van der Waals surface area contributed by atoms with Crippen molar-refractivity contribution in [3.05, 3.63) is 251 Å². The lowest BCUT2D eigenvalue weighted by atomic mass is 9.65. The average Bonchev–Trinajstić information content (AvgIpc) is 3.89. The van der Waals surface area contributed by atoms with Crippen LogP contribution in [0.2, 0.25) is 0 Å². The molecule has 272 valence electrons. The number of benzene rings is 10. The zero-order valence-electron chi connectivity index (χ0n) is 32.0. The highest BCUT2D eigenvalue weighted by molar-refractivity contribution is 6.07. The molecule has 0 fully saturated rings. The number of fused-ring (bicyclic) bond motifs is 22. The van der Waals surface area contributed by atoms with Crippen LogP contribution in [0.25, 0.3) is 66.1 Å². The third-order valence-corrected chi connectivity index (χ3v) is 14.1. The topological polar surface area (TPSA) is 9.23 Å². The molecule has 1 nitrogen and oxygen atoms in total. The molecule has 1 unspecified atom stereocenters. The van der Waals surface area contributed by atoms with E-state index in [9.17, 15) is 0 Å². The number of ether oxygens (including phenoxy) is 1. The summed E-state index contributed by atoms with van der Waals surface area (Å²) in [4.78, 5) is 0. The van der Waals surface area contributed by atoms with E-state index < -0.39 is 10.8 Å². The van der Waals surface area contributed by atoms with E-state index in [-0.39, 0.29) is 0 Å². The fourth-order valence-corrected chi connectivity index (χ4v) is 12.0. The van der Waals surface area contributed by atoms with E-state index in [1.54, 1.807) is 0 Å². The lowest BCUT2D eigenvalue weighted by Crippen LogP contribution is -2.32. The van der Waals surface area contributed by atoms with E-state index in [1.807, 2.05) is 0 Å². The van der Waals surface area contributed by atoms with Crippen LogP contribution in [0.15, 0.2) is 206 Å². The Kier molecular flexibility index (Phi) is 5.96. The molecule has 0 radical (unpaired) electrons. The molecule has 59 heavy (non-hydrogen) atoms. The molecule has 1 aliphatic heterocycles. The van der Waals surface area contributed by atoms with Gasteiger partial charge < -0.3 is 4.74 Å². The molecule has 14 rings (SSSR count). The first-order valence-corrected chi connectivity index (χ1v) is 20.7. The Morgan fingerprint density at radius 1 is 0.271 bits per heavy atom. The molecule has 0 amide bonds. The van der Waals surface area contributed by atoms with Gasteiger partial charge in [0.1, 0.15) is 11.5 Å². The van der Waals surface area contributed by atoms with E-state index in [1.165, 1.54) is 111 Å². The number of hydrogen-bond donors (Lipinski definition) is 0. The molecular formula is C58H34O. The highest BCUT2D eigenvalue weighted by atomic mass is 16.5. The third-order valence-electron chi connectivity index (χ3n) is 14.1. The predicted octanol–water partition coefficient (Wildman–Crippen LogP) is 14.5. The van der Waals surface area contributed by atoms with Crippen molar-refractivity contribution in [2.75, 3.05) is 0 Å². The summed E-state index contributed by atoms with van der Waals surface area (Å²) in [5, 5.41) is 4.97. The van der Waals surface area contributed by atoms with Crippen molar-refractivity contribution in [1.29, 1.82) is 0 Å². The molecule has 2 spiro atoms. The summed E-state index contributed by atoms with van der Waals surface area (Å²) in [6, 6.07) is 77.2. The maximum absolute atomic E-state index is 7.03. The van der Waals surface area contributed by atoms with E-state index >= 15 is 0 Å². The van der Waals surface area contributed by atoms with Crippen molar-refractivity contribution in [3.63, 3.8) is 0 Å². The van der Waals surface area contributed by atoms with Gasteiger partial charge in [0.05, 0.1) is 10.8 Å². The summed E-state index contributed by atoms with van der Waals surface area (Å²) < 4.78 is 7.03. The van der Waals surface area contributed by atoms with Crippen LogP contribution in [-0.4, -0.2) is 0 Å². The molecule has 0 aromatic heterocycles. The van der Waals surface area contributed by atoms with Crippen molar-refractivity contribution >= 4 is 21.5 Å². The first kappa shape index (κ1) is 31.6. The Bertz CT molecular complexity index is 3450. The Labute approximate surface area is 342 Å². The largest absolute Gasteiger partial charge is 0.457 e. The van der Waals surface area contributed by atoms with E-state index in [2.05, 4.69) is 206 Å². The van der Waals surface area contributed by atoms with Gasteiger partial charge in [0.25, 0.3) is 0 Å². The minimum atomic E-state index is -0.572. The van der Waals surface area contributed by atoms with Crippen LogP contribution in [-0.2, 0) is 10.8 Å². The van der Waals surface area contributed by atoms with Crippen LogP contribution in [0, 0.1) is 0 Å². The van der Waals surface area contributed by atoms with Gasteiger partial charge in [-0.25, -0.2) is 0 Å². The second-order valence-corrected chi connectivity index (χ2v) is 16.6. The summed E-state index contributed by atoms with van der Waals surface area (Å²) in [7, 11) is 0. The van der Waals surface area contributed by atoms with Crippen LogP contribution >= 0.6 is 0 Å². The van der Waals surface area contributed by atoms with Crippen molar-refractivity contribution in [2.45, 2.75) is 10.8 Å². The molecule has 0 saturated carbocycles. The summed E-state index contributed by atoms with van der Waals surface area (Å²) in [6.45, 7) is 0. The van der Waals surface area contributed by atoms with Crippen molar-refractivity contribution in [3.8, 4) is 56.0 Å². The van der Waals surface area contributed by atoms with E-state index in [0.717, 1.165) is 11.5 Å².